The Labute approximate surface area is 83.0 Å². The fourth-order valence-electron chi connectivity index (χ4n) is 1.19. The molecule has 3 N–H and O–H groups in total. The molecule has 0 aliphatic carbocycles. The van der Waals surface area contributed by atoms with Crippen molar-refractivity contribution in [2.75, 3.05) is 27.3 Å². The summed E-state index contributed by atoms with van der Waals surface area (Å²) in [6.45, 7) is 3.59. The average molecular weight is 206 g/mol. The molecule has 0 unspecified atom stereocenters. The van der Waals surface area contributed by atoms with E-state index in [0.29, 0.717) is 13.1 Å². The SMILES string of the molecule is COC(CC[SiH2]C)(NCCN)OC. The topological polar surface area (TPSA) is 56.5 Å². The molecule has 80 valence electrons. The molecule has 4 nitrogen and oxygen atoms in total. The number of nitrogens with one attached hydrogen (secondary N) is 1. The van der Waals surface area contributed by atoms with E-state index < -0.39 is 5.91 Å². The zero-order valence-corrected chi connectivity index (χ0v) is 10.3. The number of ether oxygens (including phenoxy) is 2. The van der Waals surface area contributed by atoms with Gasteiger partial charge in [-0.3, -0.25) is 5.32 Å². The fraction of sp³-hybridized carbons (Fsp3) is 1.00. The van der Waals surface area contributed by atoms with Gasteiger partial charge in [0.2, 0.25) is 5.91 Å². The third kappa shape index (κ3) is 4.73. The Kier molecular flexibility index (Phi) is 7.49. The van der Waals surface area contributed by atoms with Crippen LogP contribution in [0.5, 0.6) is 0 Å². The van der Waals surface area contributed by atoms with Gasteiger partial charge >= 0.3 is 0 Å². The van der Waals surface area contributed by atoms with Crippen molar-refractivity contribution < 1.29 is 9.47 Å². The van der Waals surface area contributed by atoms with Crippen molar-refractivity contribution in [1.29, 1.82) is 0 Å². The van der Waals surface area contributed by atoms with Crippen LogP contribution in [0.4, 0.5) is 0 Å². The summed E-state index contributed by atoms with van der Waals surface area (Å²) in [5.41, 5.74) is 5.41. The molecule has 0 amide bonds. The summed E-state index contributed by atoms with van der Waals surface area (Å²) in [6.07, 6.45) is 0.905. The van der Waals surface area contributed by atoms with E-state index in [4.69, 9.17) is 15.2 Å². The van der Waals surface area contributed by atoms with Crippen LogP contribution in [-0.2, 0) is 9.47 Å². The van der Waals surface area contributed by atoms with Crippen LogP contribution < -0.4 is 11.1 Å². The van der Waals surface area contributed by atoms with Gasteiger partial charge in [0.1, 0.15) is 0 Å². The summed E-state index contributed by atoms with van der Waals surface area (Å²) in [7, 11) is 3.37. The molecule has 5 heteroatoms. The summed E-state index contributed by atoms with van der Waals surface area (Å²) in [5, 5.41) is 3.17. The standard InChI is InChI=1S/C8H22N2O2Si/c1-11-8(12-2,4-7-13-3)10-6-5-9/h10H,4-7,9,13H2,1-3H3. The molecule has 0 saturated heterocycles. The molecule has 0 aromatic heterocycles. The van der Waals surface area contributed by atoms with Crippen molar-refractivity contribution in [3.63, 3.8) is 0 Å². The zero-order chi connectivity index (χ0) is 10.2. The molecule has 0 saturated carbocycles. The Morgan fingerprint density at radius 1 is 1.38 bits per heavy atom. The molecule has 0 aromatic rings. The highest BCUT2D eigenvalue weighted by molar-refractivity contribution is 6.33. The Bertz CT molecular complexity index is 111. The van der Waals surface area contributed by atoms with Crippen molar-refractivity contribution in [2.45, 2.75) is 24.9 Å². The van der Waals surface area contributed by atoms with Crippen LogP contribution >= 0.6 is 0 Å². The number of methoxy groups -OCH3 is 2. The second-order valence-corrected chi connectivity index (χ2v) is 4.69. The van der Waals surface area contributed by atoms with Gasteiger partial charge in [-0.15, -0.1) is 0 Å². The predicted molar refractivity (Wildman–Crippen MR) is 57.6 cm³/mol. The average Bonchev–Trinajstić information content (AvgIpc) is 2.20. The lowest BCUT2D eigenvalue weighted by molar-refractivity contribution is -0.228. The minimum Gasteiger partial charge on any atom is -0.341 e. The fourth-order valence-corrected chi connectivity index (χ4v) is 2.01. The molecule has 0 aliphatic rings. The molecule has 0 spiro atoms. The highest BCUT2D eigenvalue weighted by Crippen LogP contribution is 2.14. The van der Waals surface area contributed by atoms with Crippen molar-refractivity contribution in [1.82, 2.24) is 5.32 Å². The molecule has 0 rings (SSSR count). The summed E-state index contributed by atoms with van der Waals surface area (Å²) in [6, 6.07) is 1.21. The summed E-state index contributed by atoms with van der Waals surface area (Å²) in [5.74, 6) is -0.609. The van der Waals surface area contributed by atoms with Gasteiger partial charge < -0.3 is 15.2 Å². The maximum absolute atomic E-state index is 5.41. The molecule has 13 heavy (non-hydrogen) atoms. The Hall–Kier alpha value is 0.0569. The van der Waals surface area contributed by atoms with E-state index in [1.807, 2.05) is 0 Å². The minimum absolute atomic E-state index is 0.0610. The molecule has 0 aliphatic heterocycles. The van der Waals surface area contributed by atoms with E-state index in [9.17, 15) is 0 Å². The molecule has 0 aromatic carbocycles. The summed E-state index contributed by atoms with van der Waals surface area (Å²) in [4.78, 5) is 0. The van der Waals surface area contributed by atoms with Crippen LogP contribution in [0.25, 0.3) is 0 Å². The van der Waals surface area contributed by atoms with Crippen LogP contribution in [0.1, 0.15) is 6.42 Å². The van der Waals surface area contributed by atoms with Gasteiger partial charge in [-0.25, -0.2) is 0 Å². The Morgan fingerprint density at radius 3 is 2.38 bits per heavy atom. The largest absolute Gasteiger partial charge is 0.341 e. The van der Waals surface area contributed by atoms with Crippen LogP contribution in [0.3, 0.4) is 0 Å². The lowest BCUT2D eigenvalue weighted by Gasteiger charge is -2.31. The first kappa shape index (κ1) is 13.1. The van der Waals surface area contributed by atoms with Crippen molar-refractivity contribution in [3.8, 4) is 0 Å². The van der Waals surface area contributed by atoms with Gasteiger partial charge in [0.25, 0.3) is 0 Å². The lowest BCUT2D eigenvalue weighted by atomic mass is 10.3. The smallest absolute Gasteiger partial charge is 0.226 e. The van der Waals surface area contributed by atoms with Gasteiger partial charge in [0.15, 0.2) is 0 Å². The van der Waals surface area contributed by atoms with Gasteiger partial charge in [0.05, 0.1) is 0 Å². The van der Waals surface area contributed by atoms with Gasteiger partial charge in [-0.2, -0.15) is 0 Å². The number of hydrogen-bond donors (Lipinski definition) is 2. The van der Waals surface area contributed by atoms with Crippen molar-refractivity contribution in [2.24, 2.45) is 5.73 Å². The van der Waals surface area contributed by atoms with Crippen molar-refractivity contribution in [3.05, 3.63) is 0 Å². The molecule has 0 bridgehead atoms. The van der Waals surface area contributed by atoms with Gasteiger partial charge in [-0.1, -0.05) is 12.6 Å². The summed E-state index contributed by atoms with van der Waals surface area (Å²) < 4.78 is 10.6. The maximum atomic E-state index is 5.41. The zero-order valence-electron chi connectivity index (χ0n) is 8.93. The second-order valence-electron chi connectivity index (χ2n) is 2.98. The molecule has 0 atom stereocenters. The minimum atomic E-state index is -0.609. The first-order valence-electron chi connectivity index (χ1n) is 4.80. The molecule has 0 heterocycles. The molecular formula is C8H22N2O2Si. The van der Waals surface area contributed by atoms with E-state index in [1.54, 1.807) is 14.2 Å². The van der Waals surface area contributed by atoms with E-state index in [0.717, 1.165) is 6.42 Å². The molecule has 0 radical (unpaired) electrons. The van der Waals surface area contributed by atoms with Crippen LogP contribution in [-0.4, -0.2) is 42.7 Å². The van der Waals surface area contributed by atoms with Crippen LogP contribution in [0.15, 0.2) is 0 Å². The monoisotopic (exact) mass is 206 g/mol. The van der Waals surface area contributed by atoms with Crippen LogP contribution in [0, 0.1) is 0 Å². The van der Waals surface area contributed by atoms with E-state index >= 15 is 0 Å². The summed E-state index contributed by atoms with van der Waals surface area (Å²) >= 11 is 0. The highest BCUT2D eigenvalue weighted by atomic mass is 28.2. The normalized spacial score (nSPS) is 12.9. The number of nitrogens with two attached hydrogens (primary N) is 1. The van der Waals surface area contributed by atoms with E-state index in [1.165, 1.54) is 6.04 Å². The highest BCUT2D eigenvalue weighted by Gasteiger charge is 2.27. The third-order valence-electron chi connectivity index (χ3n) is 2.06. The molecule has 0 fully saturated rings. The van der Waals surface area contributed by atoms with Crippen molar-refractivity contribution >= 4 is 9.52 Å². The van der Waals surface area contributed by atoms with E-state index in [-0.39, 0.29) is 9.52 Å². The first-order chi connectivity index (χ1) is 6.24. The third-order valence-corrected chi connectivity index (χ3v) is 3.12. The predicted octanol–water partition coefficient (Wildman–Crippen LogP) is -0.493. The quantitative estimate of drug-likeness (QED) is 0.415. The maximum Gasteiger partial charge on any atom is 0.226 e. The number of rotatable bonds is 8. The lowest BCUT2D eigenvalue weighted by Crippen LogP contribution is -2.50. The molecular weight excluding hydrogens is 184 g/mol. The van der Waals surface area contributed by atoms with Gasteiger partial charge in [-0.05, 0) is 0 Å². The Morgan fingerprint density at radius 2 is 2.00 bits per heavy atom. The second kappa shape index (κ2) is 7.46. The Balaban J connectivity index is 3.97. The first-order valence-corrected chi connectivity index (χ1v) is 7.21. The van der Waals surface area contributed by atoms with E-state index in [2.05, 4.69) is 11.9 Å². The van der Waals surface area contributed by atoms with Crippen LogP contribution in [0.2, 0.25) is 12.6 Å². The number of hydrogen-bond acceptors (Lipinski definition) is 4. The van der Waals surface area contributed by atoms with Gasteiger partial charge in [0, 0.05) is 43.2 Å².